The van der Waals surface area contributed by atoms with E-state index in [2.05, 4.69) is 140 Å². The average molecular weight is 757 g/mol. The number of rotatable bonds is 9. The van der Waals surface area contributed by atoms with Gasteiger partial charge in [-0.25, -0.2) is 0 Å². The molecule has 0 saturated heterocycles. The van der Waals surface area contributed by atoms with E-state index in [0.717, 1.165) is 96.0 Å². The molecule has 0 saturated carbocycles. The van der Waals surface area contributed by atoms with Crippen molar-refractivity contribution in [2.24, 2.45) is 0 Å². The highest BCUT2D eigenvalue weighted by Gasteiger charge is 2.21. The lowest BCUT2D eigenvalue weighted by Crippen LogP contribution is -2.02. The lowest BCUT2D eigenvalue weighted by Gasteiger charge is -2.14. The van der Waals surface area contributed by atoms with Gasteiger partial charge in [-0.2, -0.15) is 0 Å². The number of allylic oxidation sites excluding steroid dienone is 8. The van der Waals surface area contributed by atoms with Gasteiger partial charge in [-0.3, -0.25) is 19.9 Å². The van der Waals surface area contributed by atoms with Crippen molar-refractivity contribution in [2.75, 3.05) is 0 Å². The second-order valence-corrected chi connectivity index (χ2v) is 14.1. The van der Waals surface area contributed by atoms with Gasteiger partial charge in [0.15, 0.2) is 0 Å². The molecule has 6 heteroatoms. The first-order valence-corrected chi connectivity index (χ1v) is 19.6. The minimum atomic E-state index is 0.727. The molecule has 0 amide bonds. The molecule has 0 N–H and O–H groups in total. The Balaban J connectivity index is 1.07. The first kappa shape index (κ1) is 35.3. The summed E-state index contributed by atoms with van der Waals surface area (Å²) in [7, 11) is 0. The van der Waals surface area contributed by atoms with E-state index in [1.54, 1.807) is 0 Å². The molecule has 6 nitrogen and oxygen atoms in total. The van der Waals surface area contributed by atoms with Crippen LogP contribution in [0.15, 0.2) is 200 Å². The summed E-state index contributed by atoms with van der Waals surface area (Å²) in [6.45, 7) is 4.24. The number of nitrogens with zero attached hydrogens (tertiary/aromatic N) is 6. The summed E-state index contributed by atoms with van der Waals surface area (Å²) < 4.78 is 4.57. The summed E-state index contributed by atoms with van der Waals surface area (Å²) >= 11 is 0. The highest BCUT2D eigenvalue weighted by atomic mass is 15.0. The van der Waals surface area contributed by atoms with E-state index in [9.17, 15) is 0 Å². The van der Waals surface area contributed by atoms with Crippen LogP contribution in [-0.4, -0.2) is 29.1 Å². The SMILES string of the molecule is C=Cc1c(/C=C\Cc2ccccc2-c2ccccn2)n(-c2cccc(-n3c4c(c5ncccc53)C=C=C(C3=C=CC=CC=C3c3ccccn3)C=C4)c2)c2cccnc12. The van der Waals surface area contributed by atoms with Crippen LogP contribution in [0.3, 0.4) is 0 Å². The molecule has 278 valence electrons. The predicted molar refractivity (Wildman–Crippen MR) is 242 cm³/mol. The van der Waals surface area contributed by atoms with Crippen LogP contribution in [0.25, 0.3) is 74.6 Å². The van der Waals surface area contributed by atoms with Crippen LogP contribution in [0.1, 0.15) is 33.8 Å². The van der Waals surface area contributed by atoms with E-state index in [1.807, 2.05) is 91.6 Å². The summed E-state index contributed by atoms with van der Waals surface area (Å²) in [6, 6.07) is 37.3. The Morgan fingerprint density at radius 2 is 1.37 bits per heavy atom. The van der Waals surface area contributed by atoms with Crippen molar-refractivity contribution in [1.29, 1.82) is 0 Å². The van der Waals surface area contributed by atoms with Gasteiger partial charge in [-0.15, -0.1) is 11.5 Å². The maximum Gasteiger partial charge on any atom is 0.0969 e. The lowest BCUT2D eigenvalue weighted by molar-refractivity contribution is 1.06. The Morgan fingerprint density at radius 1 is 0.644 bits per heavy atom. The monoisotopic (exact) mass is 756 g/mol. The second-order valence-electron chi connectivity index (χ2n) is 14.1. The first-order chi connectivity index (χ1) is 29.3. The largest absolute Gasteiger partial charge is 0.308 e. The molecule has 6 aromatic heterocycles. The molecule has 0 bridgehead atoms. The Morgan fingerprint density at radius 3 is 2.17 bits per heavy atom. The van der Waals surface area contributed by atoms with E-state index in [-0.39, 0.29) is 0 Å². The molecule has 0 aliphatic heterocycles. The van der Waals surface area contributed by atoms with Gasteiger partial charge < -0.3 is 9.13 Å². The molecule has 6 heterocycles. The van der Waals surface area contributed by atoms with Gasteiger partial charge in [0.1, 0.15) is 0 Å². The Kier molecular flexibility index (Phi) is 9.22. The van der Waals surface area contributed by atoms with Crippen molar-refractivity contribution in [2.45, 2.75) is 6.42 Å². The minimum Gasteiger partial charge on any atom is -0.308 e. The van der Waals surface area contributed by atoms with E-state index < -0.39 is 0 Å². The summed E-state index contributed by atoms with van der Waals surface area (Å²) in [5, 5.41) is 0. The topological polar surface area (TPSA) is 61.4 Å². The Labute approximate surface area is 342 Å². The highest BCUT2D eigenvalue weighted by Crippen LogP contribution is 2.37. The number of hydrogen-bond donors (Lipinski definition) is 0. The summed E-state index contributed by atoms with van der Waals surface area (Å²) in [5.74, 6) is 0. The number of pyridine rings is 4. The van der Waals surface area contributed by atoms with Crippen LogP contribution in [0.2, 0.25) is 0 Å². The lowest BCUT2D eigenvalue weighted by atomic mass is 9.95. The van der Waals surface area contributed by atoms with E-state index in [0.29, 0.717) is 0 Å². The Hall–Kier alpha value is -8.14. The third-order valence-electron chi connectivity index (χ3n) is 10.7. The maximum atomic E-state index is 4.90. The van der Waals surface area contributed by atoms with Gasteiger partial charge in [0, 0.05) is 69.6 Å². The van der Waals surface area contributed by atoms with Crippen molar-refractivity contribution in [3.63, 3.8) is 0 Å². The molecule has 0 atom stereocenters. The van der Waals surface area contributed by atoms with Crippen molar-refractivity contribution < 1.29 is 0 Å². The van der Waals surface area contributed by atoms with Crippen LogP contribution in [0.4, 0.5) is 0 Å². The second kappa shape index (κ2) is 15.4. The summed E-state index contributed by atoms with van der Waals surface area (Å²) in [5.41, 5.74) is 23.9. The third kappa shape index (κ3) is 6.47. The van der Waals surface area contributed by atoms with Crippen molar-refractivity contribution in [1.82, 2.24) is 29.1 Å². The van der Waals surface area contributed by atoms with E-state index in [1.165, 1.54) is 5.56 Å². The predicted octanol–water partition coefficient (Wildman–Crippen LogP) is 12.0. The van der Waals surface area contributed by atoms with Crippen LogP contribution in [-0.2, 0) is 6.42 Å². The van der Waals surface area contributed by atoms with Gasteiger partial charge in [-0.05, 0) is 109 Å². The molecule has 0 spiro atoms. The molecule has 0 radical (unpaired) electrons. The fraction of sp³-hybridized carbons (Fsp3) is 0.0189. The molecule has 0 unspecified atom stereocenters. The van der Waals surface area contributed by atoms with Gasteiger partial charge in [-0.1, -0.05) is 79.4 Å². The van der Waals surface area contributed by atoms with Crippen LogP contribution >= 0.6 is 0 Å². The minimum absolute atomic E-state index is 0.727. The Bertz CT molecular complexity index is 3210. The van der Waals surface area contributed by atoms with Crippen LogP contribution in [0, 0.1) is 0 Å². The molecule has 59 heavy (non-hydrogen) atoms. The fourth-order valence-electron chi connectivity index (χ4n) is 8.05. The summed E-state index contributed by atoms with van der Waals surface area (Å²) in [4.78, 5) is 19.0. The van der Waals surface area contributed by atoms with Gasteiger partial charge >= 0.3 is 0 Å². The quantitative estimate of drug-likeness (QED) is 0.138. The zero-order valence-electron chi connectivity index (χ0n) is 32.1. The zero-order valence-corrected chi connectivity index (χ0v) is 32.1. The number of hydrogen-bond acceptors (Lipinski definition) is 4. The molecule has 2 aliphatic rings. The molecule has 2 aromatic carbocycles. The average Bonchev–Trinajstić information content (AvgIpc) is 3.51. The molecule has 10 rings (SSSR count). The third-order valence-corrected chi connectivity index (χ3v) is 10.7. The number of benzene rings is 2. The summed E-state index contributed by atoms with van der Waals surface area (Å²) in [6.07, 6.45) is 28.8. The molecular weight excluding hydrogens is 721 g/mol. The molecule has 2 aliphatic carbocycles. The van der Waals surface area contributed by atoms with Gasteiger partial charge in [0.05, 0.1) is 44.8 Å². The van der Waals surface area contributed by atoms with Crippen molar-refractivity contribution >= 4 is 51.9 Å². The van der Waals surface area contributed by atoms with Crippen LogP contribution < -0.4 is 0 Å². The van der Waals surface area contributed by atoms with Gasteiger partial charge in [0.2, 0.25) is 0 Å². The normalized spacial score (nSPS) is 13.3. The maximum absolute atomic E-state index is 4.90. The number of fused-ring (bicyclic) bond motifs is 4. The van der Waals surface area contributed by atoms with E-state index in [4.69, 9.17) is 9.97 Å². The highest BCUT2D eigenvalue weighted by molar-refractivity contribution is 5.96. The standard InChI is InChI=1S/C53H36N6/c1-2-41-48(25-12-17-37-16-6-7-21-43(37)46-23-8-10-32-54-46)58(50-26-14-34-56-52(41)50)39-18-13-19-40(36-39)59-49-31-29-38(28-30-45(49)53-51(59)27-15-35-57-53)42-20-4-3-5-22-44(42)47-24-9-11-33-55-47/h2-16,18-19,21-27,29-36H,1,17H2/b25-12-. The molecular formula is C53H36N6. The number of aromatic nitrogens is 6. The van der Waals surface area contributed by atoms with E-state index >= 15 is 0 Å². The molecule has 8 aromatic rings. The van der Waals surface area contributed by atoms with Crippen LogP contribution in [0.5, 0.6) is 0 Å². The van der Waals surface area contributed by atoms with Crippen molar-refractivity contribution in [3.05, 3.63) is 233 Å². The first-order valence-electron chi connectivity index (χ1n) is 19.6. The van der Waals surface area contributed by atoms with Crippen molar-refractivity contribution in [3.8, 4) is 22.6 Å². The van der Waals surface area contributed by atoms with Gasteiger partial charge in [0.25, 0.3) is 0 Å². The fourth-order valence-corrected chi connectivity index (χ4v) is 8.05. The smallest absolute Gasteiger partial charge is 0.0969 e. The molecule has 0 fully saturated rings. The zero-order chi connectivity index (χ0) is 39.5.